The highest BCUT2D eigenvalue weighted by Crippen LogP contribution is 2.22. The van der Waals surface area contributed by atoms with Gasteiger partial charge in [-0.25, -0.2) is 14.2 Å². The van der Waals surface area contributed by atoms with Crippen molar-refractivity contribution >= 4 is 22.7 Å². The lowest BCUT2D eigenvalue weighted by atomic mass is 10.1. The number of carbonyl (C=O) groups is 1. The van der Waals surface area contributed by atoms with Gasteiger partial charge >= 0.3 is 6.09 Å². The topological polar surface area (TPSA) is 51.2 Å². The highest BCUT2D eigenvalue weighted by atomic mass is 19.1. The van der Waals surface area contributed by atoms with Crippen LogP contribution in [0, 0.1) is 5.82 Å². The molecule has 2 rings (SSSR count). The molecular formula is C16H19FN2O2. The van der Waals surface area contributed by atoms with Crippen molar-refractivity contribution in [3.05, 3.63) is 35.8 Å². The fourth-order valence-electron chi connectivity index (χ4n) is 1.92. The van der Waals surface area contributed by atoms with Gasteiger partial charge in [0.05, 0.1) is 0 Å². The summed E-state index contributed by atoms with van der Waals surface area (Å²) < 4.78 is 19.2. The Labute approximate surface area is 123 Å². The molecule has 0 fully saturated rings. The molecule has 1 aromatic carbocycles. The van der Waals surface area contributed by atoms with E-state index in [1.54, 1.807) is 32.9 Å². The largest absolute Gasteiger partial charge is 0.444 e. The summed E-state index contributed by atoms with van der Waals surface area (Å²) in [6.45, 7) is 7.27. The second-order valence-electron chi connectivity index (χ2n) is 5.81. The number of fused-ring (bicyclic) bond motifs is 1. The number of aryl methyl sites for hydroxylation is 1. The lowest BCUT2D eigenvalue weighted by Crippen LogP contribution is -2.27. The van der Waals surface area contributed by atoms with Gasteiger partial charge in [0.15, 0.2) is 5.82 Å². The highest BCUT2D eigenvalue weighted by Gasteiger charge is 2.17. The van der Waals surface area contributed by atoms with E-state index in [0.29, 0.717) is 16.6 Å². The third kappa shape index (κ3) is 3.90. The minimum atomic E-state index is -0.612. The normalized spacial score (nSPS) is 11.5. The standard InChI is InChI=1S/C16H19FN2O2/c1-5-11-7-6-10-8-12(9-13(17)14(10)18-11)19-15(20)21-16(2,3)4/h6-9H,5H2,1-4H3,(H,19,20). The van der Waals surface area contributed by atoms with Gasteiger partial charge in [-0.3, -0.25) is 5.32 Å². The second kappa shape index (κ2) is 5.68. The van der Waals surface area contributed by atoms with Crippen molar-refractivity contribution in [2.45, 2.75) is 39.7 Å². The lowest BCUT2D eigenvalue weighted by Gasteiger charge is -2.19. The molecule has 21 heavy (non-hydrogen) atoms. The molecule has 0 aliphatic carbocycles. The van der Waals surface area contributed by atoms with E-state index in [0.717, 1.165) is 12.1 Å². The first-order valence-corrected chi connectivity index (χ1v) is 6.87. The molecular weight excluding hydrogens is 271 g/mol. The number of benzene rings is 1. The molecule has 1 aromatic heterocycles. The molecule has 1 N–H and O–H groups in total. The summed E-state index contributed by atoms with van der Waals surface area (Å²) in [5.74, 6) is -0.464. The zero-order valence-electron chi connectivity index (χ0n) is 12.7. The van der Waals surface area contributed by atoms with Crippen molar-refractivity contribution in [2.24, 2.45) is 0 Å². The predicted molar refractivity (Wildman–Crippen MR) is 80.9 cm³/mol. The Morgan fingerprint density at radius 1 is 1.33 bits per heavy atom. The first-order chi connectivity index (χ1) is 9.78. The van der Waals surface area contributed by atoms with E-state index in [1.165, 1.54) is 6.07 Å². The number of amides is 1. The van der Waals surface area contributed by atoms with Crippen molar-refractivity contribution < 1.29 is 13.9 Å². The molecule has 0 saturated heterocycles. The molecule has 0 aliphatic rings. The molecule has 1 heterocycles. The fourth-order valence-corrected chi connectivity index (χ4v) is 1.92. The number of anilines is 1. The SMILES string of the molecule is CCc1ccc2cc(NC(=O)OC(C)(C)C)cc(F)c2n1. The predicted octanol–water partition coefficient (Wildman–Crippen LogP) is 4.28. The molecule has 0 unspecified atom stereocenters. The molecule has 0 radical (unpaired) electrons. The molecule has 0 saturated carbocycles. The minimum Gasteiger partial charge on any atom is -0.444 e. The van der Waals surface area contributed by atoms with Crippen molar-refractivity contribution in [1.82, 2.24) is 4.98 Å². The third-order valence-corrected chi connectivity index (χ3v) is 2.81. The smallest absolute Gasteiger partial charge is 0.412 e. The van der Waals surface area contributed by atoms with Crippen molar-refractivity contribution in [2.75, 3.05) is 5.32 Å². The lowest BCUT2D eigenvalue weighted by molar-refractivity contribution is 0.0636. The number of nitrogens with zero attached hydrogens (tertiary/aromatic N) is 1. The third-order valence-electron chi connectivity index (χ3n) is 2.81. The van der Waals surface area contributed by atoms with Crippen LogP contribution in [-0.2, 0) is 11.2 Å². The van der Waals surface area contributed by atoms with Crippen LogP contribution < -0.4 is 5.32 Å². The molecule has 112 valence electrons. The van der Waals surface area contributed by atoms with Crippen molar-refractivity contribution in [3.63, 3.8) is 0 Å². The Bertz CT molecular complexity index is 678. The molecule has 1 amide bonds. The van der Waals surface area contributed by atoms with Crippen molar-refractivity contribution in [1.29, 1.82) is 0 Å². The van der Waals surface area contributed by atoms with Gasteiger partial charge < -0.3 is 4.74 Å². The summed E-state index contributed by atoms with van der Waals surface area (Å²) in [4.78, 5) is 16.0. The number of hydrogen-bond donors (Lipinski definition) is 1. The molecule has 0 aliphatic heterocycles. The van der Waals surface area contributed by atoms with Crippen LogP contribution in [-0.4, -0.2) is 16.7 Å². The zero-order chi connectivity index (χ0) is 15.6. The van der Waals surface area contributed by atoms with Crippen LogP contribution in [0.1, 0.15) is 33.4 Å². The molecule has 4 nitrogen and oxygen atoms in total. The number of ether oxygens (including phenoxy) is 1. The van der Waals surface area contributed by atoms with Crippen LogP contribution in [0.25, 0.3) is 10.9 Å². The molecule has 2 aromatic rings. The molecule has 0 spiro atoms. The Hall–Kier alpha value is -2.17. The number of hydrogen-bond acceptors (Lipinski definition) is 3. The van der Waals surface area contributed by atoms with Crippen LogP contribution in [0.2, 0.25) is 0 Å². The van der Waals surface area contributed by atoms with Gasteiger partial charge in [0.25, 0.3) is 0 Å². The van der Waals surface area contributed by atoms with Crippen LogP contribution in [0.3, 0.4) is 0 Å². The first kappa shape index (κ1) is 15.2. The van der Waals surface area contributed by atoms with Gasteiger partial charge in [-0.2, -0.15) is 0 Å². The zero-order valence-corrected chi connectivity index (χ0v) is 12.7. The summed E-state index contributed by atoms with van der Waals surface area (Å²) in [5, 5.41) is 3.17. The van der Waals surface area contributed by atoms with E-state index in [4.69, 9.17) is 4.74 Å². The van der Waals surface area contributed by atoms with Crippen LogP contribution in [0.5, 0.6) is 0 Å². The van der Waals surface area contributed by atoms with Gasteiger partial charge in [0.2, 0.25) is 0 Å². The van der Waals surface area contributed by atoms with Crippen molar-refractivity contribution in [3.8, 4) is 0 Å². The first-order valence-electron chi connectivity index (χ1n) is 6.87. The van der Waals surface area contributed by atoms with Gasteiger partial charge in [-0.1, -0.05) is 13.0 Å². The van der Waals surface area contributed by atoms with E-state index in [-0.39, 0.29) is 0 Å². The molecule has 0 bridgehead atoms. The number of halogens is 1. The monoisotopic (exact) mass is 290 g/mol. The maximum atomic E-state index is 14.1. The Balaban J connectivity index is 2.28. The van der Waals surface area contributed by atoms with E-state index in [1.807, 2.05) is 13.0 Å². The average molecular weight is 290 g/mol. The summed E-state index contributed by atoms with van der Waals surface area (Å²) in [7, 11) is 0. The van der Waals surface area contributed by atoms with Gasteiger partial charge in [0, 0.05) is 16.8 Å². The van der Waals surface area contributed by atoms with Crippen LogP contribution in [0.15, 0.2) is 24.3 Å². The van der Waals surface area contributed by atoms with E-state index < -0.39 is 17.5 Å². The molecule has 0 atom stereocenters. The number of rotatable bonds is 2. The summed E-state index contributed by atoms with van der Waals surface area (Å²) in [6.07, 6.45) is 0.132. The Morgan fingerprint density at radius 2 is 2.05 bits per heavy atom. The number of pyridine rings is 1. The maximum Gasteiger partial charge on any atom is 0.412 e. The summed E-state index contributed by atoms with van der Waals surface area (Å²) in [6, 6.07) is 6.57. The average Bonchev–Trinajstić information content (AvgIpc) is 2.36. The van der Waals surface area contributed by atoms with Gasteiger partial charge in [0.1, 0.15) is 11.1 Å². The molecule has 5 heteroatoms. The van der Waals surface area contributed by atoms with E-state index in [2.05, 4.69) is 10.3 Å². The quantitative estimate of drug-likeness (QED) is 0.898. The number of nitrogens with one attached hydrogen (secondary N) is 1. The van der Waals surface area contributed by atoms with E-state index >= 15 is 0 Å². The summed E-state index contributed by atoms with van der Waals surface area (Å²) in [5.41, 5.74) is 0.885. The highest BCUT2D eigenvalue weighted by molar-refractivity contribution is 5.90. The number of carbonyl (C=O) groups excluding carboxylic acids is 1. The van der Waals surface area contributed by atoms with Crippen LogP contribution >= 0.6 is 0 Å². The summed E-state index contributed by atoms with van der Waals surface area (Å²) >= 11 is 0. The fraction of sp³-hybridized carbons (Fsp3) is 0.375. The maximum absolute atomic E-state index is 14.1. The van der Waals surface area contributed by atoms with Crippen LogP contribution in [0.4, 0.5) is 14.9 Å². The van der Waals surface area contributed by atoms with E-state index in [9.17, 15) is 9.18 Å². The Kier molecular flexibility index (Phi) is 4.11. The Morgan fingerprint density at radius 3 is 2.67 bits per heavy atom. The second-order valence-corrected chi connectivity index (χ2v) is 5.81. The minimum absolute atomic E-state index is 0.309. The number of aromatic nitrogens is 1. The van der Waals surface area contributed by atoms with Gasteiger partial charge in [-0.15, -0.1) is 0 Å². The van der Waals surface area contributed by atoms with Gasteiger partial charge in [-0.05, 0) is 45.4 Å².